The van der Waals surface area contributed by atoms with E-state index in [9.17, 15) is 4.79 Å². The van der Waals surface area contributed by atoms with Crippen LogP contribution in [0.25, 0.3) is 11.1 Å². The van der Waals surface area contributed by atoms with E-state index in [1.165, 1.54) is 0 Å². The Morgan fingerprint density at radius 2 is 1.77 bits per heavy atom. The number of nitrogens with one attached hydrogen (secondary N) is 3. The van der Waals surface area contributed by atoms with E-state index in [0.717, 1.165) is 33.6 Å². The van der Waals surface area contributed by atoms with Crippen LogP contribution in [-0.2, 0) is 4.79 Å². The molecule has 1 amide bonds. The van der Waals surface area contributed by atoms with Crippen molar-refractivity contribution < 1.29 is 4.79 Å². The summed E-state index contributed by atoms with van der Waals surface area (Å²) in [5.74, 6) is 0.458. The van der Waals surface area contributed by atoms with Crippen molar-refractivity contribution in [3.8, 4) is 17.2 Å². The minimum Gasteiger partial charge on any atom is -0.309 e. The molecule has 0 unspecified atom stereocenters. The second kappa shape index (κ2) is 10.8. The first-order valence-electron chi connectivity index (χ1n) is 11.5. The lowest BCUT2D eigenvalue weighted by molar-refractivity contribution is -0.118. The lowest BCUT2D eigenvalue weighted by Gasteiger charge is -2.21. The van der Waals surface area contributed by atoms with Crippen LogP contribution in [0, 0.1) is 25.2 Å². The first-order chi connectivity index (χ1) is 17.0. The molecular formula is C28H28N6O. The highest BCUT2D eigenvalue weighted by molar-refractivity contribution is 5.95. The largest absolute Gasteiger partial charge is 0.309 e. The van der Waals surface area contributed by atoms with Gasteiger partial charge < -0.3 is 10.6 Å². The van der Waals surface area contributed by atoms with Crippen LogP contribution in [0.1, 0.15) is 47.0 Å². The molecule has 0 saturated heterocycles. The molecule has 7 heteroatoms. The van der Waals surface area contributed by atoms with Crippen molar-refractivity contribution in [2.24, 2.45) is 0 Å². The summed E-state index contributed by atoms with van der Waals surface area (Å²) >= 11 is 0. The third-order valence-electron chi connectivity index (χ3n) is 6.06. The van der Waals surface area contributed by atoms with Gasteiger partial charge in [-0.1, -0.05) is 49.4 Å². The predicted molar refractivity (Wildman–Crippen MR) is 137 cm³/mol. The van der Waals surface area contributed by atoms with Crippen molar-refractivity contribution in [3.63, 3.8) is 0 Å². The number of anilines is 1. The van der Waals surface area contributed by atoms with Gasteiger partial charge in [-0.15, -0.1) is 0 Å². The number of carbonyl (C=O) groups excluding carboxylic acids is 1. The Morgan fingerprint density at radius 3 is 2.37 bits per heavy atom. The Labute approximate surface area is 205 Å². The Bertz CT molecular complexity index is 1300. The van der Waals surface area contributed by atoms with Crippen LogP contribution in [-0.4, -0.2) is 27.6 Å². The topological polar surface area (TPSA) is 106 Å². The van der Waals surface area contributed by atoms with E-state index < -0.39 is 6.04 Å². The fraction of sp³-hybridized carbons (Fsp3) is 0.214. The average Bonchev–Trinajstić information content (AvgIpc) is 3.23. The Balaban J connectivity index is 1.47. The van der Waals surface area contributed by atoms with E-state index in [0.29, 0.717) is 17.9 Å². The summed E-state index contributed by atoms with van der Waals surface area (Å²) in [6.45, 7) is 6.60. The molecule has 2 aromatic heterocycles. The lowest BCUT2D eigenvalue weighted by Crippen LogP contribution is -2.35. The number of rotatable bonds is 8. The van der Waals surface area contributed by atoms with E-state index in [4.69, 9.17) is 5.26 Å². The van der Waals surface area contributed by atoms with Crippen molar-refractivity contribution in [2.45, 2.75) is 32.7 Å². The number of nitriles is 1. The molecule has 4 aromatic rings. The van der Waals surface area contributed by atoms with Gasteiger partial charge in [0.2, 0.25) is 5.91 Å². The number of nitrogens with zero attached hydrogens (tertiary/aromatic N) is 3. The van der Waals surface area contributed by atoms with Crippen LogP contribution in [0.2, 0.25) is 0 Å². The molecule has 4 rings (SSSR count). The quantitative estimate of drug-likeness (QED) is 0.339. The van der Waals surface area contributed by atoms with Crippen LogP contribution in [0.3, 0.4) is 0 Å². The summed E-state index contributed by atoms with van der Waals surface area (Å²) in [6.07, 6.45) is 1.75. The number of carbonyl (C=O) groups is 1. The summed E-state index contributed by atoms with van der Waals surface area (Å²) in [5, 5.41) is 22.6. The number of aryl methyl sites for hydroxylation is 2. The zero-order valence-corrected chi connectivity index (χ0v) is 20.0. The molecule has 0 aliphatic heterocycles. The molecular weight excluding hydrogens is 436 g/mol. The molecule has 0 aliphatic rings. The van der Waals surface area contributed by atoms with Gasteiger partial charge in [-0.3, -0.25) is 9.89 Å². The fourth-order valence-electron chi connectivity index (χ4n) is 4.10. The highest BCUT2D eigenvalue weighted by atomic mass is 16.2. The third-order valence-corrected chi connectivity index (χ3v) is 6.06. The Kier molecular flexibility index (Phi) is 7.34. The van der Waals surface area contributed by atoms with E-state index >= 15 is 0 Å². The third kappa shape index (κ3) is 5.62. The zero-order valence-electron chi connectivity index (χ0n) is 20.0. The van der Waals surface area contributed by atoms with Crippen LogP contribution in [0.5, 0.6) is 0 Å². The van der Waals surface area contributed by atoms with Crippen LogP contribution in [0.15, 0.2) is 72.9 Å². The number of hydrogen-bond acceptors (Lipinski definition) is 5. The molecule has 176 valence electrons. The monoisotopic (exact) mass is 464 g/mol. The minimum atomic E-state index is -0.545. The van der Waals surface area contributed by atoms with Gasteiger partial charge in [-0.05, 0) is 55.2 Å². The predicted octanol–water partition coefficient (Wildman–Crippen LogP) is 5.03. The molecule has 0 saturated carbocycles. The fourth-order valence-corrected chi connectivity index (χ4v) is 4.10. The average molecular weight is 465 g/mol. The maximum atomic E-state index is 13.3. The minimum absolute atomic E-state index is 0.153. The maximum absolute atomic E-state index is 13.3. The summed E-state index contributed by atoms with van der Waals surface area (Å²) in [5.41, 5.74) is 6.46. The van der Waals surface area contributed by atoms with Gasteiger partial charge in [0.25, 0.3) is 0 Å². The van der Waals surface area contributed by atoms with E-state index in [-0.39, 0.29) is 11.8 Å². The molecule has 3 N–H and O–H groups in total. The van der Waals surface area contributed by atoms with E-state index in [1.54, 1.807) is 12.3 Å². The molecule has 2 aromatic carbocycles. The summed E-state index contributed by atoms with van der Waals surface area (Å²) in [4.78, 5) is 17.8. The zero-order chi connectivity index (χ0) is 24.8. The van der Waals surface area contributed by atoms with Crippen molar-refractivity contribution in [1.29, 1.82) is 5.26 Å². The van der Waals surface area contributed by atoms with Crippen molar-refractivity contribution >= 4 is 11.7 Å². The second-order valence-electron chi connectivity index (χ2n) is 8.62. The molecule has 2 atom stereocenters. The smallest absolute Gasteiger partial charge is 0.247 e. The molecule has 35 heavy (non-hydrogen) atoms. The number of aromatic amines is 1. The van der Waals surface area contributed by atoms with Gasteiger partial charge >= 0.3 is 0 Å². The van der Waals surface area contributed by atoms with Crippen LogP contribution in [0.4, 0.5) is 5.82 Å². The highest BCUT2D eigenvalue weighted by Crippen LogP contribution is 2.25. The van der Waals surface area contributed by atoms with Gasteiger partial charge in [-0.2, -0.15) is 10.4 Å². The molecule has 0 aliphatic carbocycles. The summed E-state index contributed by atoms with van der Waals surface area (Å²) in [7, 11) is 0. The highest BCUT2D eigenvalue weighted by Gasteiger charge is 2.22. The molecule has 7 nitrogen and oxygen atoms in total. The normalized spacial score (nSPS) is 12.5. The SMILES string of the molecule is Cc1n[nH]c(C)c1-c1ccc(NC(=O)[C@H](NC[C@H](C)c2ccc(C#N)cc2)c2ccccc2)nc1. The first-order valence-corrected chi connectivity index (χ1v) is 11.5. The number of pyridine rings is 1. The first kappa shape index (κ1) is 23.9. The maximum Gasteiger partial charge on any atom is 0.247 e. The molecule has 0 bridgehead atoms. The molecule has 0 radical (unpaired) electrons. The van der Waals surface area contributed by atoms with Gasteiger partial charge in [-0.25, -0.2) is 4.98 Å². The van der Waals surface area contributed by atoms with Gasteiger partial charge in [0.1, 0.15) is 11.9 Å². The Hall–Kier alpha value is -4.28. The lowest BCUT2D eigenvalue weighted by atomic mass is 9.98. The van der Waals surface area contributed by atoms with E-state index in [2.05, 4.69) is 38.8 Å². The summed E-state index contributed by atoms with van der Waals surface area (Å²) in [6, 6.07) is 22.5. The number of benzene rings is 2. The van der Waals surface area contributed by atoms with Gasteiger partial charge in [0.15, 0.2) is 0 Å². The van der Waals surface area contributed by atoms with Crippen LogP contribution < -0.4 is 10.6 Å². The van der Waals surface area contributed by atoms with Crippen molar-refractivity contribution in [3.05, 3.63) is 101 Å². The molecule has 2 heterocycles. The number of H-pyrrole nitrogens is 1. The number of hydrogen-bond donors (Lipinski definition) is 3. The Morgan fingerprint density at radius 1 is 1.03 bits per heavy atom. The number of aromatic nitrogens is 3. The second-order valence-corrected chi connectivity index (χ2v) is 8.62. The van der Waals surface area contributed by atoms with Crippen molar-refractivity contribution in [1.82, 2.24) is 20.5 Å². The standard InChI is InChI=1S/C28H28N6O/c1-18(22-11-9-21(15-29)10-12-22)16-31-27(23-7-5-4-6-8-23)28(35)32-25-14-13-24(17-30-25)26-19(2)33-34-20(26)3/h4-14,17-18,27,31H,16H2,1-3H3,(H,33,34)(H,30,32,35)/t18-,27+/m0/s1. The van der Waals surface area contributed by atoms with Crippen molar-refractivity contribution in [2.75, 3.05) is 11.9 Å². The van der Waals surface area contributed by atoms with E-state index in [1.807, 2.05) is 74.5 Å². The summed E-state index contributed by atoms with van der Waals surface area (Å²) < 4.78 is 0. The molecule has 0 spiro atoms. The molecule has 0 fully saturated rings. The number of amides is 1. The van der Waals surface area contributed by atoms with Gasteiger partial charge in [0.05, 0.1) is 17.3 Å². The van der Waals surface area contributed by atoms with Crippen LogP contribution >= 0.6 is 0 Å². The van der Waals surface area contributed by atoms with Gasteiger partial charge in [0, 0.05) is 29.6 Å².